The van der Waals surface area contributed by atoms with Crippen molar-refractivity contribution in [2.24, 2.45) is 5.92 Å². The highest BCUT2D eigenvalue weighted by Crippen LogP contribution is 2.15. The number of hydrogen-bond acceptors (Lipinski definition) is 3. The molecule has 0 aliphatic heterocycles. The van der Waals surface area contributed by atoms with Gasteiger partial charge in [-0.15, -0.1) is 0 Å². The normalized spacial score (nSPS) is 13.7. The average Bonchev–Trinajstić information content (AvgIpc) is 2.59. The van der Waals surface area contributed by atoms with E-state index in [-0.39, 0.29) is 11.8 Å². The van der Waals surface area contributed by atoms with Crippen LogP contribution in [0.2, 0.25) is 0 Å². The number of allylic oxidation sites excluding steroid dienone is 5. The highest BCUT2D eigenvalue weighted by molar-refractivity contribution is 5.81. The third-order valence-electron chi connectivity index (χ3n) is 4.27. The smallest absolute Gasteiger partial charge is 0.147 e. The fourth-order valence-electron chi connectivity index (χ4n) is 3.05. The van der Waals surface area contributed by atoms with Crippen molar-refractivity contribution in [2.45, 2.75) is 46.7 Å². The number of Topliss-reactive ketones (excluding diaryl/α,β-unsaturated/α-hetero) is 1. The van der Waals surface area contributed by atoms with Crippen molar-refractivity contribution in [3.05, 3.63) is 65.3 Å². The van der Waals surface area contributed by atoms with E-state index in [9.17, 15) is 4.79 Å². The number of carbonyl (C=O) groups is 1. The van der Waals surface area contributed by atoms with Gasteiger partial charge in [-0.2, -0.15) is 5.26 Å². The Morgan fingerprint density at radius 3 is 2.35 bits per heavy atom. The van der Waals surface area contributed by atoms with Gasteiger partial charge in [-0.1, -0.05) is 69.3 Å². The summed E-state index contributed by atoms with van der Waals surface area (Å²) in [5, 5.41) is 8.85. The summed E-state index contributed by atoms with van der Waals surface area (Å²) in [5.41, 5.74) is 3.08. The molecule has 0 aliphatic rings. The highest BCUT2D eigenvalue weighted by Gasteiger charge is 2.22. The zero-order valence-corrected chi connectivity index (χ0v) is 16.6. The molecule has 0 bridgehead atoms. The topological polar surface area (TPSA) is 44.1 Å². The van der Waals surface area contributed by atoms with Gasteiger partial charge >= 0.3 is 0 Å². The summed E-state index contributed by atoms with van der Waals surface area (Å²) in [6.45, 7) is 8.55. The van der Waals surface area contributed by atoms with E-state index in [2.05, 4.69) is 49.1 Å². The first-order valence-corrected chi connectivity index (χ1v) is 9.12. The molecule has 1 atom stereocenters. The van der Waals surface area contributed by atoms with Crippen LogP contribution in [0.25, 0.3) is 6.08 Å². The molecule has 0 aromatic heterocycles. The SMILES string of the molecule is CC\C(C#N)=C/C=C\C=C\c1ccc(CN(C)C(C(C)=O)C(C)C)cc1. The van der Waals surface area contributed by atoms with Gasteiger partial charge in [0.15, 0.2) is 0 Å². The van der Waals surface area contributed by atoms with Crippen molar-refractivity contribution < 1.29 is 4.79 Å². The fourth-order valence-corrected chi connectivity index (χ4v) is 3.05. The first-order chi connectivity index (χ1) is 12.4. The number of rotatable bonds is 9. The van der Waals surface area contributed by atoms with Crippen molar-refractivity contribution in [3.63, 3.8) is 0 Å². The summed E-state index contributed by atoms with van der Waals surface area (Å²) in [7, 11) is 2.00. The molecule has 1 unspecified atom stereocenters. The van der Waals surface area contributed by atoms with E-state index in [0.717, 1.165) is 24.1 Å². The Balaban J connectivity index is 2.67. The Kier molecular flexibility index (Phi) is 9.33. The zero-order chi connectivity index (χ0) is 19.5. The van der Waals surface area contributed by atoms with E-state index >= 15 is 0 Å². The summed E-state index contributed by atoms with van der Waals surface area (Å²) >= 11 is 0. The lowest BCUT2D eigenvalue weighted by Crippen LogP contribution is -2.40. The second kappa shape index (κ2) is 11.2. The van der Waals surface area contributed by atoms with Crippen LogP contribution in [0.1, 0.15) is 45.2 Å². The van der Waals surface area contributed by atoms with Gasteiger partial charge < -0.3 is 0 Å². The molecule has 0 saturated carbocycles. The molecule has 0 amide bonds. The second-order valence-electron chi connectivity index (χ2n) is 6.86. The van der Waals surface area contributed by atoms with Gasteiger partial charge in [-0.25, -0.2) is 0 Å². The minimum absolute atomic E-state index is 0.0470. The molecule has 0 aliphatic carbocycles. The minimum Gasteiger partial charge on any atom is -0.298 e. The summed E-state index contributed by atoms with van der Waals surface area (Å²) in [6.07, 6.45) is 10.4. The van der Waals surface area contributed by atoms with Crippen molar-refractivity contribution in [3.8, 4) is 6.07 Å². The number of hydrogen-bond donors (Lipinski definition) is 0. The Morgan fingerprint density at radius 2 is 1.85 bits per heavy atom. The molecule has 0 N–H and O–H groups in total. The first-order valence-electron chi connectivity index (χ1n) is 9.12. The monoisotopic (exact) mass is 350 g/mol. The third kappa shape index (κ3) is 7.21. The summed E-state index contributed by atoms with van der Waals surface area (Å²) in [4.78, 5) is 14.0. The molecule has 26 heavy (non-hydrogen) atoms. The van der Waals surface area contributed by atoms with Gasteiger partial charge in [0.2, 0.25) is 0 Å². The second-order valence-corrected chi connectivity index (χ2v) is 6.86. The van der Waals surface area contributed by atoms with Crippen LogP contribution in [0.3, 0.4) is 0 Å². The zero-order valence-electron chi connectivity index (χ0n) is 16.6. The molecular weight excluding hydrogens is 320 g/mol. The minimum atomic E-state index is -0.0470. The Morgan fingerprint density at radius 1 is 1.19 bits per heavy atom. The maximum absolute atomic E-state index is 11.8. The number of likely N-dealkylation sites (N-methyl/N-ethyl adjacent to an activating group) is 1. The fraction of sp³-hybridized carbons (Fsp3) is 0.391. The predicted octanol–water partition coefficient (Wildman–Crippen LogP) is 5.16. The Labute approximate surface area is 158 Å². The molecule has 0 spiro atoms. The van der Waals surface area contributed by atoms with Crippen LogP contribution in [0.15, 0.2) is 54.1 Å². The first kappa shape index (κ1) is 21.6. The molecule has 3 nitrogen and oxygen atoms in total. The molecule has 1 rings (SSSR count). The van der Waals surface area contributed by atoms with Gasteiger partial charge in [-0.3, -0.25) is 9.69 Å². The van der Waals surface area contributed by atoms with E-state index in [1.54, 1.807) is 6.92 Å². The van der Waals surface area contributed by atoms with Crippen molar-refractivity contribution in [1.82, 2.24) is 4.90 Å². The lowest BCUT2D eigenvalue weighted by molar-refractivity contribution is -0.123. The quantitative estimate of drug-likeness (QED) is 0.456. The molecular formula is C23H30N2O. The van der Waals surface area contributed by atoms with Crippen molar-refractivity contribution in [2.75, 3.05) is 7.05 Å². The summed E-state index contributed by atoms with van der Waals surface area (Å²) in [5.74, 6) is 0.514. The van der Waals surface area contributed by atoms with Crippen LogP contribution in [0, 0.1) is 17.2 Å². The Hall–Kier alpha value is -2.44. The van der Waals surface area contributed by atoms with E-state index in [0.29, 0.717) is 5.92 Å². The molecule has 0 heterocycles. The predicted molar refractivity (Wildman–Crippen MR) is 109 cm³/mol. The molecule has 3 heteroatoms. The molecule has 0 saturated heterocycles. The number of benzene rings is 1. The van der Waals surface area contributed by atoms with Crippen molar-refractivity contribution >= 4 is 11.9 Å². The molecule has 138 valence electrons. The largest absolute Gasteiger partial charge is 0.298 e. The van der Waals surface area contributed by atoms with Crippen molar-refractivity contribution in [1.29, 1.82) is 5.26 Å². The summed E-state index contributed by atoms with van der Waals surface area (Å²) < 4.78 is 0. The van der Waals surface area contributed by atoms with E-state index in [1.165, 1.54) is 5.56 Å². The number of ketones is 1. The maximum Gasteiger partial charge on any atom is 0.147 e. The Bertz CT molecular complexity index is 703. The highest BCUT2D eigenvalue weighted by atomic mass is 16.1. The van der Waals surface area contributed by atoms with Crippen LogP contribution in [0.4, 0.5) is 0 Å². The number of nitrogens with zero attached hydrogens (tertiary/aromatic N) is 2. The molecule has 0 fully saturated rings. The van der Waals surface area contributed by atoms with E-state index in [4.69, 9.17) is 5.26 Å². The lowest BCUT2D eigenvalue weighted by atomic mass is 9.98. The van der Waals surface area contributed by atoms with Crippen LogP contribution < -0.4 is 0 Å². The number of nitriles is 1. The van der Waals surface area contributed by atoms with Gasteiger partial charge in [0.1, 0.15) is 5.78 Å². The molecule has 1 aromatic rings. The van der Waals surface area contributed by atoms with Gasteiger partial charge in [0, 0.05) is 12.1 Å². The maximum atomic E-state index is 11.8. The average molecular weight is 351 g/mol. The third-order valence-corrected chi connectivity index (χ3v) is 4.27. The van der Waals surface area contributed by atoms with Gasteiger partial charge in [0.25, 0.3) is 0 Å². The van der Waals surface area contributed by atoms with E-state index < -0.39 is 0 Å². The van der Waals surface area contributed by atoms with Crippen LogP contribution >= 0.6 is 0 Å². The summed E-state index contributed by atoms with van der Waals surface area (Å²) in [6, 6.07) is 10.5. The molecule has 1 aromatic carbocycles. The molecule has 0 radical (unpaired) electrons. The number of carbonyl (C=O) groups excluding carboxylic acids is 1. The lowest BCUT2D eigenvalue weighted by Gasteiger charge is -2.29. The van der Waals surface area contributed by atoms with Gasteiger partial charge in [0.05, 0.1) is 12.1 Å². The standard InChI is InChI=1S/C23H30N2O/c1-6-20(16-24)10-8-7-9-11-21-12-14-22(15-13-21)17-25(5)23(18(2)3)19(4)26/h7-15,18,23H,6,17H2,1-5H3/b8-7-,11-9+,20-10+. The van der Waals surface area contributed by atoms with Crippen LogP contribution in [-0.2, 0) is 11.3 Å². The van der Waals surface area contributed by atoms with E-state index in [1.807, 2.05) is 44.4 Å². The van der Waals surface area contributed by atoms with Gasteiger partial charge in [-0.05, 0) is 43.5 Å². The van der Waals surface area contributed by atoms with Crippen LogP contribution in [0.5, 0.6) is 0 Å². The van der Waals surface area contributed by atoms with Crippen LogP contribution in [-0.4, -0.2) is 23.8 Å².